The molecule has 1 rings (SSSR count). The minimum absolute atomic E-state index is 0.104. The smallest absolute Gasteiger partial charge is 0.306 e. The molecular weight excluding hydrogens is 218 g/mol. The first-order chi connectivity index (χ1) is 8.04. The topological polar surface area (TPSA) is 55.4 Å². The van der Waals surface area contributed by atoms with Gasteiger partial charge in [-0.3, -0.25) is 9.59 Å². The average molecular weight is 235 g/mol. The maximum atomic E-state index is 11.6. The average Bonchev–Trinajstić information content (AvgIpc) is 2.31. The Morgan fingerprint density at radius 1 is 1.18 bits per heavy atom. The van der Waals surface area contributed by atoms with Crippen molar-refractivity contribution in [3.8, 4) is 0 Å². The molecule has 4 heteroatoms. The summed E-state index contributed by atoms with van der Waals surface area (Å²) in [6, 6.07) is 5.81. The number of carbonyl (C=O) groups is 2. The van der Waals surface area contributed by atoms with Gasteiger partial charge in [0.05, 0.1) is 13.5 Å². The van der Waals surface area contributed by atoms with Crippen LogP contribution in [-0.4, -0.2) is 19.0 Å². The zero-order valence-corrected chi connectivity index (χ0v) is 10.4. The first kappa shape index (κ1) is 13.2. The van der Waals surface area contributed by atoms with Gasteiger partial charge < -0.3 is 10.1 Å². The molecule has 0 unspecified atom stereocenters. The lowest BCUT2D eigenvalue weighted by atomic mass is 10.1. The van der Waals surface area contributed by atoms with E-state index in [4.69, 9.17) is 0 Å². The highest BCUT2D eigenvalue weighted by atomic mass is 16.5. The summed E-state index contributed by atoms with van der Waals surface area (Å²) in [6.07, 6.45) is 0.244. The Morgan fingerprint density at radius 2 is 1.76 bits per heavy atom. The first-order valence-electron chi connectivity index (χ1n) is 5.47. The van der Waals surface area contributed by atoms with Crippen molar-refractivity contribution in [2.45, 2.75) is 26.7 Å². The number of aryl methyl sites for hydroxylation is 2. The van der Waals surface area contributed by atoms with Gasteiger partial charge in [-0.05, 0) is 25.0 Å². The van der Waals surface area contributed by atoms with Crippen LogP contribution in [0, 0.1) is 13.8 Å². The molecule has 0 radical (unpaired) electrons. The van der Waals surface area contributed by atoms with Crippen molar-refractivity contribution < 1.29 is 14.3 Å². The predicted octanol–water partition coefficient (Wildman–Crippen LogP) is 2.20. The molecule has 0 aliphatic heterocycles. The van der Waals surface area contributed by atoms with Crippen LogP contribution in [0.1, 0.15) is 24.0 Å². The molecule has 0 aliphatic rings. The lowest BCUT2D eigenvalue weighted by Gasteiger charge is -2.10. The van der Waals surface area contributed by atoms with Crippen LogP contribution in [0.5, 0.6) is 0 Å². The van der Waals surface area contributed by atoms with E-state index < -0.39 is 0 Å². The van der Waals surface area contributed by atoms with Gasteiger partial charge >= 0.3 is 5.97 Å². The van der Waals surface area contributed by atoms with Crippen molar-refractivity contribution in [1.29, 1.82) is 0 Å². The highest BCUT2D eigenvalue weighted by Crippen LogP contribution is 2.19. The molecule has 92 valence electrons. The Bertz CT molecular complexity index is 406. The molecule has 0 aliphatic carbocycles. The van der Waals surface area contributed by atoms with Crippen molar-refractivity contribution in [3.63, 3.8) is 0 Å². The third-order valence-corrected chi connectivity index (χ3v) is 2.53. The number of esters is 1. The molecular formula is C13H17NO3. The Hall–Kier alpha value is -1.84. The lowest BCUT2D eigenvalue weighted by Crippen LogP contribution is -2.15. The van der Waals surface area contributed by atoms with Gasteiger partial charge in [-0.2, -0.15) is 0 Å². The van der Waals surface area contributed by atoms with E-state index in [1.54, 1.807) is 0 Å². The van der Waals surface area contributed by atoms with Crippen LogP contribution in [0.25, 0.3) is 0 Å². The fourth-order valence-electron chi connectivity index (χ4n) is 1.53. The van der Waals surface area contributed by atoms with Crippen LogP contribution in [0.4, 0.5) is 5.69 Å². The minimum Gasteiger partial charge on any atom is -0.469 e. The second-order valence-corrected chi connectivity index (χ2v) is 3.89. The molecule has 0 spiro atoms. The van der Waals surface area contributed by atoms with E-state index in [9.17, 15) is 9.59 Å². The normalized spacial score (nSPS) is 9.82. The summed E-state index contributed by atoms with van der Waals surface area (Å²) in [5.41, 5.74) is 2.84. The number of anilines is 1. The number of ether oxygens (including phenoxy) is 1. The van der Waals surface area contributed by atoms with E-state index in [0.29, 0.717) is 0 Å². The Kier molecular flexibility index (Phi) is 4.69. The molecule has 0 atom stereocenters. The van der Waals surface area contributed by atoms with Crippen molar-refractivity contribution in [2.75, 3.05) is 12.4 Å². The van der Waals surface area contributed by atoms with E-state index in [1.807, 2.05) is 32.0 Å². The highest BCUT2D eigenvalue weighted by molar-refractivity contribution is 5.93. The van der Waals surface area contributed by atoms with Gasteiger partial charge in [-0.15, -0.1) is 0 Å². The van der Waals surface area contributed by atoms with Gasteiger partial charge in [0.15, 0.2) is 0 Å². The highest BCUT2D eigenvalue weighted by Gasteiger charge is 2.09. The van der Waals surface area contributed by atoms with Crippen LogP contribution < -0.4 is 5.32 Å². The maximum absolute atomic E-state index is 11.6. The largest absolute Gasteiger partial charge is 0.469 e. The Morgan fingerprint density at radius 3 is 2.29 bits per heavy atom. The SMILES string of the molecule is COC(=O)CCC(=O)Nc1c(C)cccc1C. The molecule has 1 N–H and O–H groups in total. The number of hydrogen-bond donors (Lipinski definition) is 1. The number of carbonyl (C=O) groups excluding carboxylic acids is 2. The van der Waals surface area contributed by atoms with Crippen molar-refractivity contribution in [2.24, 2.45) is 0 Å². The van der Waals surface area contributed by atoms with E-state index in [-0.39, 0.29) is 24.7 Å². The van der Waals surface area contributed by atoms with Crippen LogP contribution in [0.3, 0.4) is 0 Å². The summed E-state index contributed by atoms with van der Waals surface area (Å²) >= 11 is 0. The number of para-hydroxylation sites is 1. The monoisotopic (exact) mass is 235 g/mol. The molecule has 1 amide bonds. The zero-order valence-electron chi connectivity index (χ0n) is 10.4. The predicted molar refractivity (Wildman–Crippen MR) is 65.8 cm³/mol. The molecule has 0 saturated heterocycles. The van der Waals surface area contributed by atoms with Crippen LogP contribution >= 0.6 is 0 Å². The van der Waals surface area contributed by atoms with Gasteiger partial charge in [-0.25, -0.2) is 0 Å². The van der Waals surface area contributed by atoms with E-state index in [2.05, 4.69) is 10.1 Å². The third-order valence-electron chi connectivity index (χ3n) is 2.53. The number of nitrogens with one attached hydrogen (secondary N) is 1. The quantitative estimate of drug-likeness (QED) is 0.814. The van der Waals surface area contributed by atoms with E-state index in [1.165, 1.54) is 7.11 Å². The van der Waals surface area contributed by atoms with E-state index >= 15 is 0 Å². The Balaban J connectivity index is 2.59. The van der Waals surface area contributed by atoms with Crippen LogP contribution in [0.15, 0.2) is 18.2 Å². The molecule has 1 aromatic rings. The fraction of sp³-hybridized carbons (Fsp3) is 0.385. The summed E-state index contributed by atoms with van der Waals surface area (Å²) in [4.78, 5) is 22.5. The number of methoxy groups -OCH3 is 1. The fourth-order valence-corrected chi connectivity index (χ4v) is 1.53. The van der Waals surface area contributed by atoms with E-state index in [0.717, 1.165) is 16.8 Å². The summed E-state index contributed by atoms with van der Waals surface area (Å²) in [7, 11) is 1.31. The molecule has 17 heavy (non-hydrogen) atoms. The molecule has 4 nitrogen and oxygen atoms in total. The molecule has 0 saturated carbocycles. The second kappa shape index (κ2) is 6.03. The van der Waals surface area contributed by atoms with Crippen LogP contribution in [0.2, 0.25) is 0 Å². The molecule has 0 aromatic heterocycles. The first-order valence-corrected chi connectivity index (χ1v) is 5.47. The number of hydrogen-bond acceptors (Lipinski definition) is 3. The molecule has 0 fully saturated rings. The maximum Gasteiger partial charge on any atom is 0.306 e. The lowest BCUT2D eigenvalue weighted by molar-refractivity contribution is -0.141. The second-order valence-electron chi connectivity index (χ2n) is 3.89. The zero-order chi connectivity index (χ0) is 12.8. The van der Waals surface area contributed by atoms with Gasteiger partial charge in [-0.1, -0.05) is 18.2 Å². The Labute approximate surface area is 101 Å². The number of amides is 1. The van der Waals surface area contributed by atoms with Gasteiger partial charge in [0.25, 0.3) is 0 Å². The van der Waals surface area contributed by atoms with Gasteiger partial charge in [0.1, 0.15) is 0 Å². The number of benzene rings is 1. The van der Waals surface area contributed by atoms with Crippen molar-refractivity contribution in [3.05, 3.63) is 29.3 Å². The summed E-state index contributed by atoms with van der Waals surface area (Å²) in [6.45, 7) is 3.87. The van der Waals surface area contributed by atoms with Gasteiger partial charge in [0, 0.05) is 12.1 Å². The summed E-state index contributed by atoms with van der Waals surface area (Å²) in [5, 5.41) is 2.81. The summed E-state index contributed by atoms with van der Waals surface area (Å²) in [5.74, 6) is -0.547. The van der Waals surface area contributed by atoms with Crippen LogP contribution in [-0.2, 0) is 14.3 Å². The number of rotatable bonds is 4. The van der Waals surface area contributed by atoms with Crippen molar-refractivity contribution >= 4 is 17.6 Å². The standard InChI is InChI=1S/C13H17NO3/c1-9-5-4-6-10(2)13(9)14-11(15)7-8-12(16)17-3/h4-6H,7-8H2,1-3H3,(H,14,15). The third kappa shape index (κ3) is 3.90. The summed E-state index contributed by atoms with van der Waals surface area (Å²) < 4.78 is 4.48. The van der Waals surface area contributed by atoms with Gasteiger partial charge in [0.2, 0.25) is 5.91 Å². The minimum atomic E-state index is -0.373. The molecule has 1 aromatic carbocycles. The molecule has 0 heterocycles. The van der Waals surface area contributed by atoms with Crippen molar-refractivity contribution in [1.82, 2.24) is 0 Å². The molecule has 0 bridgehead atoms.